The van der Waals surface area contributed by atoms with Gasteiger partial charge in [0.15, 0.2) is 6.61 Å². The number of amides is 2. The van der Waals surface area contributed by atoms with E-state index in [1.54, 1.807) is 24.3 Å². The summed E-state index contributed by atoms with van der Waals surface area (Å²) in [5.41, 5.74) is 3.77. The van der Waals surface area contributed by atoms with Gasteiger partial charge in [-0.15, -0.1) is 0 Å². The molecule has 7 heteroatoms. The number of carbonyl (C=O) groups is 2. The molecule has 0 unspecified atom stereocenters. The number of nitriles is 1. The van der Waals surface area contributed by atoms with Crippen LogP contribution < -0.4 is 15.4 Å². The minimum Gasteiger partial charge on any atom is -0.508 e. The number of ether oxygens (including phenoxy) is 1. The van der Waals surface area contributed by atoms with Crippen LogP contribution in [-0.4, -0.2) is 23.5 Å². The Bertz CT molecular complexity index is 1220. The fourth-order valence-electron chi connectivity index (χ4n) is 2.92. The number of aromatic hydroxyl groups is 1. The molecule has 7 nitrogen and oxygen atoms in total. The van der Waals surface area contributed by atoms with Gasteiger partial charge >= 0.3 is 0 Å². The molecule has 3 N–H and O–H groups in total. The average molecular weight is 441 g/mol. The van der Waals surface area contributed by atoms with Gasteiger partial charge in [-0.2, -0.15) is 5.26 Å². The normalized spacial score (nSPS) is 10.8. The smallest absolute Gasteiger partial charge is 0.266 e. The highest BCUT2D eigenvalue weighted by atomic mass is 16.5. The highest BCUT2D eigenvalue weighted by Crippen LogP contribution is 2.18. The predicted octanol–water partition coefficient (Wildman–Crippen LogP) is 4.57. The second kappa shape index (κ2) is 10.6. The summed E-state index contributed by atoms with van der Waals surface area (Å²) in [5, 5.41) is 24.1. The third-order valence-corrected chi connectivity index (χ3v) is 4.72. The van der Waals surface area contributed by atoms with E-state index in [0.29, 0.717) is 17.0 Å². The molecule has 166 valence electrons. The number of benzene rings is 3. The van der Waals surface area contributed by atoms with Crippen molar-refractivity contribution in [2.75, 3.05) is 17.2 Å². The molecule has 0 aliphatic rings. The molecule has 33 heavy (non-hydrogen) atoms. The summed E-state index contributed by atoms with van der Waals surface area (Å²) < 4.78 is 5.54. The second-order valence-electron chi connectivity index (χ2n) is 7.40. The quantitative estimate of drug-likeness (QED) is 0.282. The van der Waals surface area contributed by atoms with Gasteiger partial charge in [-0.05, 0) is 79.1 Å². The van der Waals surface area contributed by atoms with Gasteiger partial charge in [0.25, 0.3) is 11.8 Å². The molecule has 0 aliphatic heterocycles. The lowest BCUT2D eigenvalue weighted by molar-refractivity contribution is -0.118. The number of hydrogen-bond acceptors (Lipinski definition) is 5. The fraction of sp³-hybridized carbons (Fsp3) is 0.115. The Morgan fingerprint density at radius 2 is 1.70 bits per heavy atom. The Kier molecular flexibility index (Phi) is 7.45. The summed E-state index contributed by atoms with van der Waals surface area (Å²) >= 11 is 0. The number of carbonyl (C=O) groups excluding carboxylic acids is 2. The minimum atomic E-state index is -0.563. The molecule has 0 aliphatic carbocycles. The first-order valence-corrected chi connectivity index (χ1v) is 10.2. The van der Waals surface area contributed by atoms with Crippen LogP contribution in [-0.2, 0) is 9.59 Å². The average Bonchev–Trinajstić information content (AvgIpc) is 2.80. The Balaban J connectivity index is 1.58. The Hall–Kier alpha value is -4.57. The van der Waals surface area contributed by atoms with E-state index in [4.69, 9.17) is 4.74 Å². The van der Waals surface area contributed by atoms with E-state index in [-0.39, 0.29) is 23.8 Å². The fourth-order valence-corrected chi connectivity index (χ4v) is 2.92. The monoisotopic (exact) mass is 441 g/mol. The zero-order valence-corrected chi connectivity index (χ0v) is 18.3. The van der Waals surface area contributed by atoms with Crippen LogP contribution in [0.4, 0.5) is 11.4 Å². The van der Waals surface area contributed by atoms with Crippen LogP contribution in [0.1, 0.15) is 16.7 Å². The molecule has 3 aromatic rings. The summed E-state index contributed by atoms with van der Waals surface area (Å²) in [7, 11) is 0. The molecular formula is C26H23N3O4. The van der Waals surface area contributed by atoms with E-state index >= 15 is 0 Å². The number of nitrogens with one attached hydrogen (secondary N) is 2. The van der Waals surface area contributed by atoms with Crippen molar-refractivity contribution in [3.63, 3.8) is 0 Å². The first-order chi connectivity index (χ1) is 15.8. The maximum absolute atomic E-state index is 12.3. The van der Waals surface area contributed by atoms with Crippen molar-refractivity contribution in [3.8, 4) is 17.6 Å². The molecule has 0 heterocycles. The number of hydrogen-bond donors (Lipinski definition) is 3. The van der Waals surface area contributed by atoms with E-state index in [0.717, 1.165) is 16.8 Å². The summed E-state index contributed by atoms with van der Waals surface area (Å²) in [4.78, 5) is 24.5. The molecule has 3 rings (SSSR count). The molecule has 3 aromatic carbocycles. The largest absolute Gasteiger partial charge is 0.508 e. The number of phenols is 1. The van der Waals surface area contributed by atoms with E-state index in [1.807, 2.05) is 38.1 Å². The highest BCUT2D eigenvalue weighted by Gasteiger charge is 2.10. The zero-order chi connectivity index (χ0) is 23.8. The first-order valence-electron chi connectivity index (χ1n) is 10.2. The number of nitrogens with zero attached hydrogens (tertiary/aromatic N) is 1. The zero-order valence-electron chi connectivity index (χ0n) is 18.3. The Labute approximate surface area is 191 Å². The van der Waals surface area contributed by atoms with Crippen LogP contribution in [0.15, 0.2) is 72.3 Å². The van der Waals surface area contributed by atoms with Crippen LogP contribution in [0, 0.1) is 25.2 Å². The van der Waals surface area contributed by atoms with E-state index in [2.05, 4.69) is 10.6 Å². The van der Waals surface area contributed by atoms with Crippen LogP contribution in [0.5, 0.6) is 11.5 Å². The highest BCUT2D eigenvalue weighted by molar-refractivity contribution is 6.09. The summed E-state index contributed by atoms with van der Waals surface area (Å²) in [6.07, 6.45) is 1.45. The van der Waals surface area contributed by atoms with Crippen LogP contribution in [0.2, 0.25) is 0 Å². The lowest BCUT2D eigenvalue weighted by Gasteiger charge is -2.10. The lowest BCUT2D eigenvalue weighted by atomic mass is 10.1. The molecule has 0 bridgehead atoms. The van der Waals surface area contributed by atoms with Crippen molar-refractivity contribution >= 4 is 29.3 Å². The van der Waals surface area contributed by atoms with Gasteiger partial charge in [0.1, 0.15) is 23.1 Å². The molecule has 0 spiro atoms. The third-order valence-electron chi connectivity index (χ3n) is 4.72. The Morgan fingerprint density at radius 1 is 1.00 bits per heavy atom. The second-order valence-corrected chi connectivity index (χ2v) is 7.40. The van der Waals surface area contributed by atoms with Gasteiger partial charge in [-0.25, -0.2) is 0 Å². The molecule has 0 saturated heterocycles. The third kappa shape index (κ3) is 6.71. The number of phenolic OH excluding ortho intramolecular Hbond substituents is 1. The van der Waals surface area contributed by atoms with Gasteiger partial charge in [-0.1, -0.05) is 24.3 Å². The molecule has 0 atom stereocenters. The van der Waals surface area contributed by atoms with Crippen molar-refractivity contribution < 1.29 is 19.4 Å². The van der Waals surface area contributed by atoms with Crippen LogP contribution in [0.3, 0.4) is 0 Å². The predicted molar refractivity (Wildman–Crippen MR) is 127 cm³/mol. The van der Waals surface area contributed by atoms with Gasteiger partial charge in [-0.3, -0.25) is 9.59 Å². The lowest BCUT2D eigenvalue weighted by Crippen LogP contribution is -2.20. The standard InChI is InChI=1S/C26H23N3O4/c1-17-3-4-18(2)24(13-17)29-25(31)16-33-23-11-5-19(6-12-23)14-20(15-27)26(32)28-21-7-9-22(30)10-8-21/h3-14,30H,16H2,1-2H3,(H,28,32)(H,29,31)/b20-14+. The molecule has 2 amide bonds. The maximum Gasteiger partial charge on any atom is 0.266 e. The van der Waals surface area contributed by atoms with E-state index in [1.165, 1.54) is 30.3 Å². The molecule has 0 saturated carbocycles. The Morgan fingerprint density at radius 3 is 2.36 bits per heavy atom. The SMILES string of the molecule is Cc1ccc(C)c(NC(=O)COc2ccc(/C=C(\C#N)C(=O)Nc3ccc(O)cc3)cc2)c1. The number of anilines is 2. The summed E-state index contributed by atoms with van der Waals surface area (Å²) in [5.74, 6) is -0.276. The van der Waals surface area contributed by atoms with Crippen LogP contribution >= 0.6 is 0 Å². The molecule has 0 radical (unpaired) electrons. The van der Waals surface area contributed by atoms with Crippen molar-refractivity contribution in [2.45, 2.75) is 13.8 Å². The van der Waals surface area contributed by atoms with Gasteiger partial charge in [0, 0.05) is 11.4 Å². The molecular weight excluding hydrogens is 418 g/mol. The van der Waals surface area contributed by atoms with E-state index < -0.39 is 5.91 Å². The van der Waals surface area contributed by atoms with E-state index in [9.17, 15) is 20.0 Å². The summed E-state index contributed by atoms with van der Waals surface area (Å²) in [6, 6.07) is 20.3. The minimum absolute atomic E-state index is 0.0779. The number of aryl methyl sites for hydroxylation is 2. The summed E-state index contributed by atoms with van der Waals surface area (Å²) in [6.45, 7) is 3.72. The number of rotatable bonds is 7. The van der Waals surface area contributed by atoms with Gasteiger partial charge in [0.05, 0.1) is 0 Å². The molecule has 0 fully saturated rings. The van der Waals surface area contributed by atoms with Crippen molar-refractivity contribution in [1.82, 2.24) is 0 Å². The van der Waals surface area contributed by atoms with Crippen LogP contribution in [0.25, 0.3) is 6.08 Å². The van der Waals surface area contributed by atoms with Crippen molar-refractivity contribution in [2.24, 2.45) is 0 Å². The first kappa shape index (κ1) is 23.1. The van der Waals surface area contributed by atoms with Gasteiger partial charge < -0.3 is 20.5 Å². The van der Waals surface area contributed by atoms with Crippen molar-refractivity contribution in [3.05, 3.63) is 89.0 Å². The molecule has 0 aromatic heterocycles. The maximum atomic E-state index is 12.3. The van der Waals surface area contributed by atoms with Gasteiger partial charge in [0.2, 0.25) is 0 Å². The van der Waals surface area contributed by atoms with Crippen molar-refractivity contribution in [1.29, 1.82) is 5.26 Å². The topological polar surface area (TPSA) is 111 Å².